The van der Waals surface area contributed by atoms with Crippen molar-refractivity contribution in [3.8, 4) is 0 Å². The highest BCUT2D eigenvalue weighted by Gasteiger charge is 2.45. The Balaban J connectivity index is 1.40. The van der Waals surface area contributed by atoms with Crippen LogP contribution in [0.25, 0.3) is 0 Å². The Hall–Kier alpha value is -1.99. The Kier molecular flexibility index (Phi) is 4.39. The number of nitrogens with zero attached hydrogens (tertiary/aromatic N) is 4. The van der Waals surface area contributed by atoms with Crippen molar-refractivity contribution >= 4 is 5.95 Å². The highest BCUT2D eigenvalue weighted by Crippen LogP contribution is 2.41. The molecule has 0 radical (unpaired) electrons. The van der Waals surface area contributed by atoms with E-state index in [4.69, 9.17) is 19.2 Å². The Morgan fingerprint density at radius 2 is 2.04 bits per heavy atom. The summed E-state index contributed by atoms with van der Waals surface area (Å²) in [5.74, 6) is 2.51. The topological polar surface area (TPSA) is 76.3 Å². The van der Waals surface area contributed by atoms with Gasteiger partial charge in [-0.25, -0.2) is 9.97 Å². The van der Waals surface area contributed by atoms with E-state index in [1.54, 1.807) is 0 Å². The number of fused-ring (bicyclic) bond motifs is 2. The number of aryl methyl sites for hydroxylation is 3. The maximum Gasteiger partial charge on any atom is 0.223 e. The average molecular weight is 383 g/mol. The van der Waals surface area contributed by atoms with Crippen molar-refractivity contribution in [1.29, 1.82) is 0 Å². The normalized spacial score (nSPS) is 24.7. The number of likely N-dealkylation sites (tertiary alicyclic amines) is 1. The number of nitrogens with one attached hydrogen (secondary N) is 1. The molecule has 1 unspecified atom stereocenters. The first-order chi connectivity index (χ1) is 13.5. The quantitative estimate of drug-likeness (QED) is 0.851. The molecular formula is C21H29N5O2. The Morgan fingerprint density at radius 1 is 1.18 bits per heavy atom. The Bertz CT molecular complexity index is 872. The zero-order chi connectivity index (χ0) is 19.3. The SMILES string of the molecule is Cc1nc(NCC2CC2)nc2c1COCC21CCN(Cc2c(C)noc2C)C1. The van der Waals surface area contributed by atoms with Crippen LogP contribution in [0.4, 0.5) is 5.95 Å². The number of anilines is 1. The fraction of sp³-hybridized carbons (Fsp3) is 0.667. The number of hydrogen-bond donors (Lipinski definition) is 1. The van der Waals surface area contributed by atoms with E-state index < -0.39 is 0 Å². The minimum Gasteiger partial charge on any atom is -0.376 e. The molecule has 1 spiro atoms. The van der Waals surface area contributed by atoms with E-state index in [2.05, 4.69) is 22.3 Å². The molecule has 7 heteroatoms. The maximum atomic E-state index is 6.04. The fourth-order valence-electron chi connectivity index (χ4n) is 4.62. The highest BCUT2D eigenvalue weighted by atomic mass is 16.5. The van der Waals surface area contributed by atoms with Crippen LogP contribution >= 0.6 is 0 Å². The number of aromatic nitrogens is 3. The lowest BCUT2D eigenvalue weighted by atomic mass is 9.80. The second-order valence-corrected chi connectivity index (χ2v) is 8.82. The number of hydrogen-bond acceptors (Lipinski definition) is 7. The van der Waals surface area contributed by atoms with Crippen LogP contribution in [0.2, 0.25) is 0 Å². The summed E-state index contributed by atoms with van der Waals surface area (Å²) in [5, 5.41) is 7.57. The van der Waals surface area contributed by atoms with Crippen molar-refractivity contribution in [2.24, 2.45) is 5.92 Å². The molecule has 1 N–H and O–H groups in total. The van der Waals surface area contributed by atoms with Crippen LogP contribution in [0.1, 0.15) is 53.2 Å². The van der Waals surface area contributed by atoms with Crippen molar-refractivity contribution < 1.29 is 9.26 Å². The van der Waals surface area contributed by atoms with Crippen LogP contribution in [0, 0.1) is 26.7 Å². The summed E-state index contributed by atoms with van der Waals surface area (Å²) < 4.78 is 11.4. The molecule has 0 amide bonds. The van der Waals surface area contributed by atoms with E-state index in [9.17, 15) is 0 Å². The van der Waals surface area contributed by atoms with Gasteiger partial charge in [0.1, 0.15) is 5.76 Å². The molecule has 7 nitrogen and oxygen atoms in total. The van der Waals surface area contributed by atoms with E-state index in [-0.39, 0.29) is 5.41 Å². The molecular weight excluding hydrogens is 354 g/mol. The molecule has 2 fully saturated rings. The minimum atomic E-state index is -0.0454. The summed E-state index contributed by atoms with van der Waals surface area (Å²) >= 11 is 0. The summed E-state index contributed by atoms with van der Waals surface area (Å²) in [6, 6.07) is 0. The van der Waals surface area contributed by atoms with Gasteiger partial charge >= 0.3 is 0 Å². The average Bonchev–Trinajstić information content (AvgIpc) is 3.36. The van der Waals surface area contributed by atoms with Gasteiger partial charge < -0.3 is 14.6 Å². The minimum absolute atomic E-state index is 0.0454. The predicted octanol–water partition coefficient (Wildman–Crippen LogP) is 2.89. The Labute approximate surface area is 165 Å². The van der Waals surface area contributed by atoms with E-state index >= 15 is 0 Å². The van der Waals surface area contributed by atoms with Gasteiger partial charge in [-0.05, 0) is 52.5 Å². The molecule has 3 aliphatic rings. The predicted molar refractivity (Wildman–Crippen MR) is 105 cm³/mol. The van der Waals surface area contributed by atoms with Crippen LogP contribution < -0.4 is 5.32 Å². The molecule has 28 heavy (non-hydrogen) atoms. The van der Waals surface area contributed by atoms with Gasteiger partial charge in [0.15, 0.2) is 0 Å². The van der Waals surface area contributed by atoms with Gasteiger partial charge in [-0.2, -0.15) is 0 Å². The standard InChI is InChI=1S/C21H29N5O2/c1-13-18-10-27-12-21(19(18)24-20(23-13)22-8-16-4-5-16)6-7-26(11-21)9-17-14(2)25-28-15(17)3/h16H,4-12H2,1-3H3,(H,22,23,24). The number of ether oxygens (including phenoxy) is 1. The lowest BCUT2D eigenvalue weighted by Gasteiger charge is -2.35. The van der Waals surface area contributed by atoms with Crippen LogP contribution in [-0.2, 0) is 23.3 Å². The molecule has 1 saturated carbocycles. The van der Waals surface area contributed by atoms with Crippen molar-refractivity contribution in [3.63, 3.8) is 0 Å². The van der Waals surface area contributed by atoms with Crippen LogP contribution in [-0.4, -0.2) is 46.3 Å². The second-order valence-electron chi connectivity index (χ2n) is 8.82. The summed E-state index contributed by atoms with van der Waals surface area (Å²) in [6.45, 7) is 11.3. The Morgan fingerprint density at radius 3 is 2.79 bits per heavy atom. The van der Waals surface area contributed by atoms with Crippen molar-refractivity contribution in [1.82, 2.24) is 20.0 Å². The summed E-state index contributed by atoms with van der Waals surface area (Å²) in [5.41, 5.74) is 5.58. The lowest BCUT2D eigenvalue weighted by Crippen LogP contribution is -2.41. The van der Waals surface area contributed by atoms with Crippen LogP contribution in [0.15, 0.2) is 4.52 Å². The molecule has 1 saturated heterocycles. The smallest absolute Gasteiger partial charge is 0.223 e. The molecule has 4 heterocycles. The van der Waals surface area contributed by atoms with Crippen molar-refractivity contribution in [2.45, 2.75) is 58.6 Å². The largest absolute Gasteiger partial charge is 0.376 e. The van der Waals surface area contributed by atoms with Gasteiger partial charge in [0.05, 0.1) is 30.0 Å². The van der Waals surface area contributed by atoms with Gasteiger partial charge in [0, 0.05) is 36.5 Å². The summed E-state index contributed by atoms with van der Waals surface area (Å²) in [7, 11) is 0. The number of rotatable bonds is 5. The third-order valence-corrected chi connectivity index (χ3v) is 6.58. The molecule has 2 aromatic rings. The van der Waals surface area contributed by atoms with E-state index in [1.807, 2.05) is 13.8 Å². The molecule has 2 aromatic heterocycles. The van der Waals surface area contributed by atoms with Crippen molar-refractivity contribution in [2.75, 3.05) is 31.6 Å². The summed E-state index contributed by atoms with van der Waals surface area (Å²) in [4.78, 5) is 12.2. The maximum absolute atomic E-state index is 6.04. The van der Waals surface area contributed by atoms with Crippen LogP contribution in [0.5, 0.6) is 0 Å². The first-order valence-electron chi connectivity index (χ1n) is 10.4. The van der Waals surface area contributed by atoms with E-state index in [1.165, 1.54) is 29.7 Å². The third-order valence-electron chi connectivity index (χ3n) is 6.58. The molecule has 1 aliphatic carbocycles. The highest BCUT2D eigenvalue weighted by molar-refractivity contribution is 5.40. The lowest BCUT2D eigenvalue weighted by molar-refractivity contribution is 0.0498. The third kappa shape index (κ3) is 3.20. The fourth-order valence-corrected chi connectivity index (χ4v) is 4.62. The van der Waals surface area contributed by atoms with Gasteiger partial charge in [0.25, 0.3) is 0 Å². The van der Waals surface area contributed by atoms with Gasteiger partial charge in [0.2, 0.25) is 5.95 Å². The molecule has 2 aliphatic heterocycles. The monoisotopic (exact) mass is 383 g/mol. The van der Waals surface area contributed by atoms with E-state index in [0.717, 1.165) is 68.2 Å². The molecule has 1 atom stereocenters. The van der Waals surface area contributed by atoms with E-state index in [0.29, 0.717) is 6.61 Å². The van der Waals surface area contributed by atoms with Gasteiger partial charge in [-0.3, -0.25) is 4.90 Å². The zero-order valence-electron chi connectivity index (χ0n) is 17.0. The first kappa shape index (κ1) is 18.1. The van der Waals surface area contributed by atoms with Gasteiger partial charge in [-0.1, -0.05) is 5.16 Å². The zero-order valence-corrected chi connectivity index (χ0v) is 17.0. The van der Waals surface area contributed by atoms with Gasteiger partial charge in [-0.15, -0.1) is 0 Å². The molecule has 0 bridgehead atoms. The van der Waals surface area contributed by atoms with Crippen LogP contribution in [0.3, 0.4) is 0 Å². The molecule has 5 rings (SSSR count). The molecule has 150 valence electrons. The second kappa shape index (κ2) is 6.81. The first-order valence-corrected chi connectivity index (χ1v) is 10.4. The summed E-state index contributed by atoms with van der Waals surface area (Å²) in [6.07, 6.45) is 3.71. The molecule has 0 aromatic carbocycles. The van der Waals surface area contributed by atoms with Crippen molar-refractivity contribution in [3.05, 3.63) is 34.0 Å².